The van der Waals surface area contributed by atoms with E-state index < -0.39 is 5.60 Å². The number of ketones is 1. The zero-order chi connectivity index (χ0) is 11.6. The molecular weight excluding hydrogens is 270 g/mol. The lowest BCUT2D eigenvalue weighted by atomic mass is 9.80. The van der Waals surface area contributed by atoms with Gasteiger partial charge in [-0.05, 0) is 40.4 Å². The Morgan fingerprint density at radius 1 is 1.38 bits per heavy atom. The van der Waals surface area contributed by atoms with E-state index >= 15 is 0 Å². The van der Waals surface area contributed by atoms with Gasteiger partial charge in [-0.1, -0.05) is 0 Å². The molecular formula is C12H14BrNO2. The van der Waals surface area contributed by atoms with Gasteiger partial charge in [-0.2, -0.15) is 0 Å². The summed E-state index contributed by atoms with van der Waals surface area (Å²) in [6.07, 6.45) is 6.19. The molecule has 0 bridgehead atoms. The van der Waals surface area contributed by atoms with Crippen LogP contribution < -0.4 is 0 Å². The van der Waals surface area contributed by atoms with Crippen LogP contribution in [0.1, 0.15) is 31.2 Å². The maximum absolute atomic E-state index is 11.1. The number of rotatable bonds is 2. The zero-order valence-electron chi connectivity index (χ0n) is 8.95. The maximum Gasteiger partial charge on any atom is 0.133 e. The van der Waals surface area contributed by atoms with Crippen LogP contribution in [0, 0.1) is 0 Å². The van der Waals surface area contributed by atoms with Gasteiger partial charge < -0.3 is 5.11 Å². The van der Waals surface area contributed by atoms with Gasteiger partial charge in [0.25, 0.3) is 0 Å². The van der Waals surface area contributed by atoms with Crippen LogP contribution in [-0.4, -0.2) is 21.5 Å². The molecule has 3 nitrogen and oxygen atoms in total. The normalized spacial score (nSPS) is 19.8. The van der Waals surface area contributed by atoms with E-state index in [-0.39, 0.29) is 5.78 Å². The molecule has 4 heteroatoms. The molecule has 0 radical (unpaired) electrons. The van der Waals surface area contributed by atoms with Crippen molar-refractivity contribution in [3.63, 3.8) is 0 Å². The van der Waals surface area contributed by atoms with Gasteiger partial charge in [-0.3, -0.25) is 9.78 Å². The SMILES string of the molecule is O=C1CCC(O)(Cc2cncc(Br)c2)CC1. The lowest BCUT2D eigenvalue weighted by Crippen LogP contribution is -2.36. The van der Waals surface area contributed by atoms with E-state index in [1.54, 1.807) is 12.4 Å². The highest BCUT2D eigenvalue weighted by Gasteiger charge is 2.32. The van der Waals surface area contributed by atoms with Crippen molar-refractivity contribution in [1.82, 2.24) is 4.98 Å². The highest BCUT2D eigenvalue weighted by molar-refractivity contribution is 9.10. The van der Waals surface area contributed by atoms with Crippen LogP contribution in [0.3, 0.4) is 0 Å². The molecule has 1 heterocycles. The predicted octanol–water partition coefficient (Wildman–Crippen LogP) is 2.26. The van der Waals surface area contributed by atoms with Crippen molar-refractivity contribution in [3.05, 3.63) is 28.5 Å². The van der Waals surface area contributed by atoms with E-state index in [0.29, 0.717) is 32.1 Å². The van der Waals surface area contributed by atoms with Gasteiger partial charge in [0.2, 0.25) is 0 Å². The molecule has 1 fully saturated rings. The van der Waals surface area contributed by atoms with Crippen LogP contribution in [-0.2, 0) is 11.2 Å². The van der Waals surface area contributed by atoms with E-state index in [0.717, 1.165) is 10.0 Å². The molecule has 1 aromatic rings. The molecule has 86 valence electrons. The average molecular weight is 284 g/mol. The van der Waals surface area contributed by atoms with Crippen molar-refractivity contribution in [3.8, 4) is 0 Å². The van der Waals surface area contributed by atoms with Gasteiger partial charge in [0, 0.05) is 36.1 Å². The molecule has 1 aliphatic carbocycles. The largest absolute Gasteiger partial charge is 0.390 e. The summed E-state index contributed by atoms with van der Waals surface area (Å²) < 4.78 is 0.917. The smallest absolute Gasteiger partial charge is 0.133 e. The predicted molar refractivity (Wildman–Crippen MR) is 64.1 cm³/mol. The van der Waals surface area contributed by atoms with Crippen molar-refractivity contribution in [1.29, 1.82) is 0 Å². The average Bonchev–Trinajstić information content (AvgIpc) is 2.23. The molecule has 0 atom stereocenters. The monoisotopic (exact) mass is 283 g/mol. The third-order valence-electron chi connectivity index (χ3n) is 3.03. The molecule has 2 rings (SSSR count). The number of hydrogen-bond acceptors (Lipinski definition) is 3. The Labute approximate surface area is 103 Å². The number of aromatic nitrogens is 1. The standard InChI is InChI=1S/C12H14BrNO2/c13-10-5-9(7-14-8-10)6-12(16)3-1-11(15)2-4-12/h5,7-8,16H,1-4,6H2. The van der Waals surface area contributed by atoms with Gasteiger partial charge in [0.05, 0.1) is 5.60 Å². The molecule has 1 N–H and O–H groups in total. The topological polar surface area (TPSA) is 50.2 Å². The van der Waals surface area contributed by atoms with E-state index in [1.807, 2.05) is 6.07 Å². The first-order chi connectivity index (χ1) is 7.57. The first-order valence-corrected chi connectivity index (χ1v) is 6.20. The van der Waals surface area contributed by atoms with Crippen LogP contribution in [0.4, 0.5) is 0 Å². The fourth-order valence-corrected chi connectivity index (χ4v) is 2.52. The summed E-state index contributed by atoms with van der Waals surface area (Å²) in [6.45, 7) is 0. The second kappa shape index (κ2) is 4.63. The van der Waals surface area contributed by atoms with Crippen LogP contribution in [0.2, 0.25) is 0 Å². The van der Waals surface area contributed by atoms with Crippen molar-refractivity contribution in [2.45, 2.75) is 37.7 Å². The molecule has 0 spiro atoms. The van der Waals surface area contributed by atoms with Gasteiger partial charge in [-0.25, -0.2) is 0 Å². The van der Waals surface area contributed by atoms with E-state index in [2.05, 4.69) is 20.9 Å². The Morgan fingerprint density at radius 2 is 2.06 bits per heavy atom. The molecule has 0 aliphatic heterocycles. The minimum Gasteiger partial charge on any atom is -0.390 e. The Morgan fingerprint density at radius 3 is 2.69 bits per heavy atom. The summed E-state index contributed by atoms with van der Waals surface area (Å²) in [5, 5.41) is 10.3. The second-order valence-electron chi connectivity index (χ2n) is 4.45. The number of halogens is 1. The molecule has 1 aromatic heterocycles. The third-order valence-corrected chi connectivity index (χ3v) is 3.47. The number of nitrogens with zero attached hydrogens (tertiary/aromatic N) is 1. The number of carbonyl (C=O) groups excluding carboxylic acids is 1. The molecule has 1 saturated carbocycles. The highest BCUT2D eigenvalue weighted by atomic mass is 79.9. The van der Waals surface area contributed by atoms with Crippen LogP contribution >= 0.6 is 15.9 Å². The number of Topliss-reactive ketones (excluding diaryl/α,β-unsaturated/α-hetero) is 1. The van der Waals surface area contributed by atoms with Gasteiger partial charge in [0.1, 0.15) is 5.78 Å². The van der Waals surface area contributed by atoms with Crippen molar-refractivity contribution >= 4 is 21.7 Å². The minimum atomic E-state index is -0.726. The molecule has 0 saturated heterocycles. The summed E-state index contributed by atoms with van der Waals surface area (Å²) in [6, 6.07) is 1.96. The Bertz CT molecular complexity index is 396. The van der Waals surface area contributed by atoms with Crippen LogP contribution in [0.25, 0.3) is 0 Å². The Kier molecular flexibility index (Phi) is 3.40. The maximum atomic E-state index is 11.1. The lowest BCUT2D eigenvalue weighted by molar-refractivity contribution is -0.125. The van der Waals surface area contributed by atoms with E-state index in [4.69, 9.17) is 0 Å². The molecule has 1 aliphatic rings. The molecule has 16 heavy (non-hydrogen) atoms. The summed E-state index contributed by atoms with van der Waals surface area (Å²) in [5.41, 5.74) is 0.280. The van der Waals surface area contributed by atoms with Gasteiger partial charge in [0.15, 0.2) is 0 Å². The van der Waals surface area contributed by atoms with E-state index in [9.17, 15) is 9.90 Å². The van der Waals surface area contributed by atoms with Gasteiger partial charge in [-0.15, -0.1) is 0 Å². The fourth-order valence-electron chi connectivity index (χ4n) is 2.10. The van der Waals surface area contributed by atoms with Crippen LogP contribution in [0.5, 0.6) is 0 Å². The number of carbonyl (C=O) groups is 1. The highest BCUT2D eigenvalue weighted by Crippen LogP contribution is 2.29. The van der Waals surface area contributed by atoms with Gasteiger partial charge >= 0.3 is 0 Å². The second-order valence-corrected chi connectivity index (χ2v) is 5.37. The molecule has 0 amide bonds. The van der Waals surface area contributed by atoms with E-state index in [1.165, 1.54) is 0 Å². The van der Waals surface area contributed by atoms with Crippen molar-refractivity contribution in [2.24, 2.45) is 0 Å². The summed E-state index contributed by atoms with van der Waals surface area (Å²) in [5.74, 6) is 0.261. The minimum absolute atomic E-state index is 0.261. The Balaban J connectivity index is 2.06. The number of aliphatic hydroxyl groups is 1. The fraction of sp³-hybridized carbons (Fsp3) is 0.500. The first kappa shape index (κ1) is 11.7. The molecule has 0 aromatic carbocycles. The molecule has 0 unspecified atom stereocenters. The van der Waals surface area contributed by atoms with Crippen LogP contribution in [0.15, 0.2) is 22.9 Å². The first-order valence-electron chi connectivity index (χ1n) is 5.41. The summed E-state index contributed by atoms with van der Waals surface area (Å²) in [4.78, 5) is 15.2. The summed E-state index contributed by atoms with van der Waals surface area (Å²) in [7, 11) is 0. The quantitative estimate of drug-likeness (QED) is 0.906. The number of hydrogen-bond donors (Lipinski definition) is 1. The third kappa shape index (κ3) is 2.89. The van der Waals surface area contributed by atoms with Crippen molar-refractivity contribution < 1.29 is 9.90 Å². The zero-order valence-corrected chi connectivity index (χ0v) is 10.5. The lowest BCUT2D eigenvalue weighted by Gasteiger charge is -2.31. The summed E-state index contributed by atoms with van der Waals surface area (Å²) >= 11 is 3.36. The number of pyridine rings is 1. The Hall–Kier alpha value is -0.740. The van der Waals surface area contributed by atoms with Crippen molar-refractivity contribution in [2.75, 3.05) is 0 Å².